The summed E-state index contributed by atoms with van der Waals surface area (Å²) in [7, 11) is 0. The predicted molar refractivity (Wildman–Crippen MR) is 77.6 cm³/mol. The summed E-state index contributed by atoms with van der Waals surface area (Å²) in [6.07, 6.45) is 3.79. The van der Waals surface area contributed by atoms with E-state index in [2.05, 4.69) is 27.7 Å². The van der Waals surface area contributed by atoms with Crippen molar-refractivity contribution in [1.29, 1.82) is 0 Å². The van der Waals surface area contributed by atoms with Crippen molar-refractivity contribution in [2.75, 3.05) is 0 Å². The highest BCUT2D eigenvalue weighted by atomic mass is 35.8. The summed E-state index contributed by atoms with van der Waals surface area (Å²) < 4.78 is 0. The Kier molecular flexibility index (Phi) is 5.51. The molecule has 0 aromatic rings. The van der Waals surface area contributed by atoms with E-state index in [1.165, 1.54) is 19.3 Å². The van der Waals surface area contributed by atoms with Gasteiger partial charge in [0.15, 0.2) is 0 Å². The van der Waals surface area contributed by atoms with Gasteiger partial charge in [-0.05, 0) is 23.7 Å². The van der Waals surface area contributed by atoms with Gasteiger partial charge in [0.05, 0.1) is 0 Å². The molecular weight excluding hydrogens is 279 g/mol. The minimum atomic E-state index is -2.59. The molecule has 0 aromatic carbocycles. The maximum absolute atomic E-state index is 6.36. The van der Waals surface area contributed by atoms with Crippen molar-refractivity contribution in [3.63, 3.8) is 0 Å². The Balaban J connectivity index is 2.94. The zero-order valence-electron chi connectivity index (χ0n) is 10.6. The number of hydrogen-bond acceptors (Lipinski definition) is 0. The fourth-order valence-corrected chi connectivity index (χ4v) is 8.23. The van der Waals surface area contributed by atoms with Crippen LogP contribution in [0.3, 0.4) is 0 Å². The summed E-state index contributed by atoms with van der Waals surface area (Å²) in [5.74, 6) is 2.49. The summed E-state index contributed by atoms with van der Waals surface area (Å²) in [5.41, 5.74) is 0.353. The fourth-order valence-electron chi connectivity index (χ4n) is 3.25. The molecule has 0 spiro atoms. The van der Waals surface area contributed by atoms with Gasteiger partial charge < -0.3 is 0 Å². The maximum atomic E-state index is 6.36. The van der Waals surface area contributed by atoms with Gasteiger partial charge in [-0.2, -0.15) is 0 Å². The van der Waals surface area contributed by atoms with E-state index in [9.17, 15) is 0 Å². The maximum Gasteiger partial charge on any atom is 0.344 e. The molecule has 0 aromatic heterocycles. The SMILES string of the molecule is CC(C)C1CCCC(C(C)C)C1[Si](Cl)(Cl)Cl. The standard InChI is InChI=1S/C12H23Cl3Si/c1-8(2)10-6-5-7-11(9(3)4)12(10)16(13,14)15/h8-12H,5-7H2,1-4H3. The van der Waals surface area contributed by atoms with Gasteiger partial charge in [0.2, 0.25) is 0 Å². The molecule has 2 atom stereocenters. The van der Waals surface area contributed by atoms with Crippen molar-refractivity contribution in [2.24, 2.45) is 23.7 Å². The summed E-state index contributed by atoms with van der Waals surface area (Å²) >= 11 is 19.1. The Hall–Kier alpha value is 1.09. The second-order valence-corrected chi connectivity index (χ2v) is 14.7. The molecule has 0 heterocycles. The molecule has 0 amide bonds. The van der Waals surface area contributed by atoms with Crippen molar-refractivity contribution in [2.45, 2.75) is 52.5 Å². The van der Waals surface area contributed by atoms with Crippen LogP contribution in [-0.2, 0) is 0 Å². The van der Waals surface area contributed by atoms with Gasteiger partial charge in [-0.25, -0.2) is 0 Å². The molecule has 0 bridgehead atoms. The molecule has 1 aliphatic carbocycles. The van der Waals surface area contributed by atoms with Crippen LogP contribution in [0.2, 0.25) is 5.54 Å². The lowest BCUT2D eigenvalue weighted by molar-refractivity contribution is 0.176. The van der Waals surface area contributed by atoms with E-state index in [0.29, 0.717) is 29.2 Å². The Morgan fingerprint density at radius 3 is 1.50 bits per heavy atom. The van der Waals surface area contributed by atoms with Crippen LogP contribution in [0.5, 0.6) is 0 Å². The van der Waals surface area contributed by atoms with E-state index >= 15 is 0 Å². The third kappa shape index (κ3) is 3.54. The Bertz CT molecular complexity index is 207. The zero-order valence-corrected chi connectivity index (χ0v) is 13.9. The van der Waals surface area contributed by atoms with Crippen molar-refractivity contribution < 1.29 is 0 Å². The Morgan fingerprint density at radius 2 is 1.25 bits per heavy atom. The third-order valence-corrected chi connectivity index (χ3v) is 7.97. The van der Waals surface area contributed by atoms with Crippen LogP contribution in [0.25, 0.3) is 0 Å². The normalized spacial score (nSPS) is 32.4. The summed E-state index contributed by atoms with van der Waals surface area (Å²) in [4.78, 5) is 0. The van der Waals surface area contributed by atoms with E-state index in [1.54, 1.807) is 0 Å². The fraction of sp³-hybridized carbons (Fsp3) is 1.00. The third-order valence-electron chi connectivity index (χ3n) is 4.09. The van der Waals surface area contributed by atoms with E-state index in [4.69, 9.17) is 33.2 Å². The quantitative estimate of drug-likeness (QED) is 0.460. The Morgan fingerprint density at radius 1 is 0.875 bits per heavy atom. The molecule has 0 saturated heterocycles. The largest absolute Gasteiger partial charge is 0.344 e. The lowest BCUT2D eigenvalue weighted by Crippen LogP contribution is -2.40. The van der Waals surface area contributed by atoms with Crippen molar-refractivity contribution in [3.05, 3.63) is 0 Å². The molecule has 1 fully saturated rings. The smallest absolute Gasteiger partial charge is 0.126 e. The van der Waals surface area contributed by atoms with E-state index in [-0.39, 0.29) is 0 Å². The molecule has 0 N–H and O–H groups in total. The minimum Gasteiger partial charge on any atom is -0.126 e. The topological polar surface area (TPSA) is 0 Å². The lowest BCUT2D eigenvalue weighted by Gasteiger charge is -2.44. The first-order valence-electron chi connectivity index (χ1n) is 6.31. The molecule has 0 nitrogen and oxygen atoms in total. The average molecular weight is 302 g/mol. The van der Waals surface area contributed by atoms with Crippen LogP contribution in [0.1, 0.15) is 47.0 Å². The number of halogens is 3. The molecule has 1 saturated carbocycles. The molecule has 4 heteroatoms. The van der Waals surface area contributed by atoms with Crippen LogP contribution in [0.15, 0.2) is 0 Å². The van der Waals surface area contributed by atoms with Gasteiger partial charge in [0, 0.05) is 5.54 Å². The molecule has 0 radical (unpaired) electrons. The molecule has 1 rings (SSSR count). The van der Waals surface area contributed by atoms with Gasteiger partial charge >= 0.3 is 6.00 Å². The van der Waals surface area contributed by atoms with Gasteiger partial charge in [-0.1, -0.05) is 47.0 Å². The first-order valence-corrected chi connectivity index (χ1v) is 11.4. The van der Waals surface area contributed by atoms with Crippen LogP contribution >= 0.6 is 33.2 Å². The summed E-state index contributed by atoms with van der Waals surface area (Å²) in [5, 5.41) is 0. The number of hydrogen-bond donors (Lipinski definition) is 0. The van der Waals surface area contributed by atoms with Crippen LogP contribution in [0.4, 0.5) is 0 Å². The van der Waals surface area contributed by atoms with Crippen molar-refractivity contribution in [1.82, 2.24) is 0 Å². The molecule has 1 aliphatic rings. The van der Waals surface area contributed by atoms with Gasteiger partial charge in [0.1, 0.15) is 0 Å². The van der Waals surface area contributed by atoms with Crippen molar-refractivity contribution >= 4 is 39.2 Å². The highest BCUT2D eigenvalue weighted by Gasteiger charge is 2.49. The monoisotopic (exact) mass is 300 g/mol. The molecule has 2 unspecified atom stereocenters. The van der Waals surface area contributed by atoms with Gasteiger partial charge in [0.25, 0.3) is 0 Å². The second kappa shape index (κ2) is 5.82. The van der Waals surface area contributed by atoms with Crippen LogP contribution in [0, 0.1) is 23.7 Å². The molecule has 96 valence electrons. The molecule has 16 heavy (non-hydrogen) atoms. The highest BCUT2D eigenvalue weighted by Crippen LogP contribution is 2.54. The highest BCUT2D eigenvalue weighted by molar-refractivity contribution is 7.65. The number of rotatable bonds is 3. The lowest BCUT2D eigenvalue weighted by atomic mass is 9.72. The molecule has 0 aliphatic heterocycles. The first-order chi connectivity index (χ1) is 7.25. The molecular formula is C12H23Cl3Si. The minimum absolute atomic E-state index is 0.353. The van der Waals surface area contributed by atoms with E-state index < -0.39 is 6.00 Å². The average Bonchev–Trinajstić information content (AvgIpc) is 2.15. The first kappa shape index (κ1) is 15.1. The summed E-state index contributed by atoms with van der Waals surface area (Å²) in [6, 6.07) is -2.59. The predicted octanol–water partition coefficient (Wildman–Crippen LogP) is 5.74. The second-order valence-electron chi connectivity index (χ2n) is 5.81. The van der Waals surface area contributed by atoms with E-state index in [1.807, 2.05) is 0 Å². The van der Waals surface area contributed by atoms with E-state index in [0.717, 1.165) is 0 Å². The van der Waals surface area contributed by atoms with Crippen molar-refractivity contribution in [3.8, 4) is 0 Å². The zero-order chi connectivity index (χ0) is 12.5. The Labute approximate surface area is 115 Å². The van der Waals surface area contributed by atoms with Gasteiger partial charge in [-0.15, -0.1) is 33.2 Å². The summed E-state index contributed by atoms with van der Waals surface area (Å²) in [6.45, 7) is 9.08. The van der Waals surface area contributed by atoms with Crippen LogP contribution in [-0.4, -0.2) is 6.00 Å². The van der Waals surface area contributed by atoms with Crippen LogP contribution < -0.4 is 0 Å². The van der Waals surface area contributed by atoms with Gasteiger partial charge in [-0.3, -0.25) is 0 Å².